The molecule has 0 saturated carbocycles. The minimum absolute atomic E-state index is 0.168. The lowest BCUT2D eigenvalue weighted by molar-refractivity contribution is -0.0511. The third kappa shape index (κ3) is 1.75. The molecule has 9 heteroatoms. The van der Waals surface area contributed by atoms with Gasteiger partial charge in [-0.15, -0.1) is 0 Å². The monoisotopic (exact) mass is 268 g/mol. The molecule has 0 bridgehead atoms. The molecule has 0 unspecified atom stereocenters. The summed E-state index contributed by atoms with van der Waals surface area (Å²) >= 11 is 0. The minimum Gasteiger partial charge on any atom is -0.394 e. The van der Waals surface area contributed by atoms with Gasteiger partial charge in [-0.05, 0) is 0 Å². The standard InChI is InChI=1S/C10H13N5O4/c11-8-5-9(13-2-12-8)15(3-14-5)10-7(18)6(17)4(1-16)19-10/h2-4,6-7,10,16-18H,1H2,(H2,11,12,13)/t4-,6-,7-,10-/m1/s1/i6D. The number of imidazole rings is 1. The number of nitrogens with zero attached hydrogens (tertiary/aromatic N) is 4. The molecule has 0 aromatic carbocycles. The van der Waals surface area contributed by atoms with Crippen LogP contribution in [0.2, 0.25) is 0 Å². The highest BCUT2D eigenvalue weighted by Gasteiger charge is 2.43. The van der Waals surface area contributed by atoms with E-state index in [0.29, 0.717) is 11.2 Å². The van der Waals surface area contributed by atoms with E-state index in [4.69, 9.17) is 16.9 Å². The summed E-state index contributed by atoms with van der Waals surface area (Å²) in [5, 5.41) is 29.0. The van der Waals surface area contributed by atoms with Gasteiger partial charge >= 0.3 is 0 Å². The van der Waals surface area contributed by atoms with Gasteiger partial charge in [0.05, 0.1) is 14.3 Å². The van der Waals surface area contributed by atoms with Crippen molar-refractivity contribution < 1.29 is 21.4 Å². The molecule has 1 fully saturated rings. The summed E-state index contributed by atoms with van der Waals surface area (Å²) in [7, 11) is 0. The number of aliphatic hydroxyl groups excluding tert-OH is 2. The van der Waals surface area contributed by atoms with Crippen LogP contribution < -0.4 is 5.73 Å². The van der Waals surface area contributed by atoms with Gasteiger partial charge in [0.15, 0.2) is 17.7 Å². The highest BCUT2D eigenvalue weighted by Crippen LogP contribution is 2.31. The predicted octanol–water partition coefficient (Wildman–Crippen LogP) is -1.98. The molecule has 0 amide bonds. The Morgan fingerprint density at radius 3 is 2.89 bits per heavy atom. The van der Waals surface area contributed by atoms with Gasteiger partial charge in [-0.1, -0.05) is 0 Å². The van der Waals surface area contributed by atoms with E-state index in [0.717, 1.165) is 0 Å². The van der Waals surface area contributed by atoms with E-state index in [1.54, 1.807) is 0 Å². The second kappa shape index (κ2) is 4.38. The number of anilines is 1. The summed E-state index contributed by atoms with van der Waals surface area (Å²) in [6.07, 6.45) is -3.69. The highest BCUT2D eigenvalue weighted by atomic mass is 16.6. The third-order valence-electron chi connectivity index (χ3n) is 3.03. The second-order valence-electron chi connectivity index (χ2n) is 4.15. The average Bonchev–Trinajstić information content (AvgIpc) is 2.92. The topological polar surface area (TPSA) is 140 Å². The molecule has 3 rings (SSSR count). The summed E-state index contributed by atoms with van der Waals surface area (Å²) < 4.78 is 14.3. The van der Waals surface area contributed by atoms with Gasteiger partial charge in [0.1, 0.15) is 30.1 Å². The molecule has 1 aliphatic rings. The molecule has 19 heavy (non-hydrogen) atoms. The van der Waals surface area contributed by atoms with Gasteiger partial charge in [-0.3, -0.25) is 4.57 Å². The first-order chi connectivity index (χ1) is 9.46. The molecule has 0 spiro atoms. The first-order valence-corrected chi connectivity index (χ1v) is 5.56. The SMILES string of the molecule is [2H][C@@]1(O)[C@@H](CO)O[C@@H](n2cnc3c(N)ncnc32)[C@@H]1O. The zero-order valence-corrected chi connectivity index (χ0v) is 9.71. The number of rotatable bonds is 2. The van der Waals surface area contributed by atoms with Crippen molar-refractivity contribution in [1.82, 2.24) is 19.5 Å². The van der Waals surface area contributed by atoms with Crippen molar-refractivity contribution in [2.45, 2.75) is 24.5 Å². The van der Waals surface area contributed by atoms with Crippen LogP contribution in [-0.4, -0.2) is 59.7 Å². The number of nitrogen functional groups attached to an aromatic ring is 1. The van der Waals surface area contributed by atoms with Gasteiger partial charge < -0.3 is 25.8 Å². The van der Waals surface area contributed by atoms with E-state index >= 15 is 0 Å². The van der Waals surface area contributed by atoms with E-state index in [1.165, 1.54) is 17.2 Å². The third-order valence-corrected chi connectivity index (χ3v) is 3.03. The molecule has 2 aromatic rings. The smallest absolute Gasteiger partial charge is 0.167 e. The number of nitrogens with two attached hydrogens (primary N) is 1. The summed E-state index contributed by atoms with van der Waals surface area (Å²) in [4.78, 5) is 11.8. The Morgan fingerprint density at radius 2 is 2.21 bits per heavy atom. The van der Waals surface area contributed by atoms with Crippen molar-refractivity contribution in [2.75, 3.05) is 12.3 Å². The molecule has 3 heterocycles. The number of hydrogen-bond acceptors (Lipinski definition) is 8. The van der Waals surface area contributed by atoms with Gasteiger partial charge in [-0.2, -0.15) is 0 Å². The maximum absolute atomic E-state index is 10.0. The fourth-order valence-corrected chi connectivity index (χ4v) is 2.06. The van der Waals surface area contributed by atoms with Crippen LogP contribution in [0.25, 0.3) is 11.2 Å². The van der Waals surface area contributed by atoms with Crippen LogP contribution in [0.1, 0.15) is 7.60 Å². The molecule has 0 radical (unpaired) electrons. The largest absolute Gasteiger partial charge is 0.394 e. The van der Waals surface area contributed by atoms with Gasteiger partial charge in [0.25, 0.3) is 0 Å². The van der Waals surface area contributed by atoms with E-state index in [9.17, 15) is 10.2 Å². The Kier molecular flexibility index (Phi) is 2.55. The number of aliphatic hydroxyl groups is 3. The number of aromatic nitrogens is 4. The highest BCUT2D eigenvalue weighted by molar-refractivity contribution is 5.81. The Bertz CT molecular complexity index is 648. The fourth-order valence-electron chi connectivity index (χ4n) is 2.06. The predicted molar refractivity (Wildman–Crippen MR) is 62.7 cm³/mol. The van der Waals surface area contributed by atoms with Crippen molar-refractivity contribution in [3.8, 4) is 0 Å². The molecule has 2 aromatic heterocycles. The summed E-state index contributed by atoms with van der Waals surface area (Å²) in [6, 6.07) is 0. The fraction of sp³-hybridized carbons (Fsp3) is 0.500. The Labute approximate surface area is 108 Å². The average molecular weight is 268 g/mol. The van der Waals surface area contributed by atoms with E-state index in [1.807, 2.05) is 0 Å². The lowest BCUT2D eigenvalue weighted by Gasteiger charge is -2.16. The van der Waals surface area contributed by atoms with E-state index in [-0.39, 0.29) is 5.82 Å². The van der Waals surface area contributed by atoms with Crippen molar-refractivity contribution in [3.05, 3.63) is 12.7 Å². The summed E-state index contributed by atoms with van der Waals surface area (Å²) in [6.45, 7) is -0.600. The van der Waals surface area contributed by atoms with Crippen molar-refractivity contribution in [3.63, 3.8) is 0 Å². The zero-order chi connectivity index (χ0) is 14.5. The van der Waals surface area contributed by atoms with Crippen LogP contribution >= 0.6 is 0 Å². The van der Waals surface area contributed by atoms with E-state index in [2.05, 4.69) is 15.0 Å². The lowest BCUT2D eigenvalue weighted by Crippen LogP contribution is -2.33. The normalized spacial score (nSPS) is 35.7. The first-order valence-electron chi connectivity index (χ1n) is 6.06. The molecule has 1 saturated heterocycles. The quantitative estimate of drug-likeness (QED) is 0.491. The van der Waals surface area contributed by atoms with Gasteiger partial charge in [0, 0.05) is 0 Å². The summed E-state index contributed by atoms with van der Waals surface area (Å²) in [5.74, 6) is 0.168. The summed E-state index contributed by atoms with van der Waals surface area (Å²) in [5.41, 5.74) is 6.28. The van der Waals surface area contributed by atoms with E-state index < -0.39 is 31.1 Å². The van der Waals surface area contributed by atoms with Crippen LogP contribution in [0.15, 0.2) is 12.7 Å². The minimum atomic E-state index is -2.32. The Hall–Kier alpha value is -1.81. The molecule has 102 valence electrons. The van der Waals surface area contributed by atoms with Crippen molar-refractivity contribution in [1.29, 1.82) is 0 Å². The van der Waals surface area contributed by atoms with Crippen molar-refractivity contribution >= 4 is 17.0 Å². The zero-order valence-electron chi connectivity index (χ0n) is 10.7. The van der Waals surface area contributed by atoms with Crippen LogP contribution in [0.4, 0.5) is 5.82 Å². The molecule has 1 aliphatic heterocycles. The number of hydrogen-bond donors (Lipinski definition) is 4. The first kappa shape index (κ1) is 11.1. The molecule has 5 N–H and O–H groups in total. The van der Waals surface area contributed by atoms with Crippen molar-refractivity contribution in [2.24, 2.45) is 0 Å². The maximum Gasteiger partial charge on any atom is 0.167 e. The maximum atomic E-state index is 10.0. The Morgan fingerprint density at radius 1 is 1.42 bits per heavy atom. The molecular formula is C10H13N5O4. The lowest BCUT2D eigenvalue weighted by atomic mass is 10.1. The number of fused-ring (bicyclic) bond motifs is 1. The second-order valence-corrected chi connectivity index (χ2v) is 4.15. The molecular weight excluding hydrogens is 254 g/mol. The van der Waals surface area contributed by atoms with Crippen LogP contribution in [-0.2, 0) is 4.74 Å². The Balaban J connectivity index is 2.06. The molecule has 4 atom stereocenters. The van der Waals surface area contributed by atoms with Crippen LogP contribution in [0.3, 0.4) is 0 Å². The molecule has 0 aliphatic carbocycles. The number of ether oxygens (including phenoxy) is 1. The van der Waals surface area contributed by atoms with Crippen LogP contribution in [0.5, 0.6) is 0 Å². The van der Waals surface area contributed by atoms with Crippen LogP contribution in [0, 0.1) is 0 Å². The molecule has 9 nitrogen and oxygen atoms in total. The van der Waals surface area contributed by atoms with Gasteiger partial charge in [0.2, 0.25) is 0 Å². The van der Waals surface area contributed by atoms with Gasteiger partial charge in [-0.25, -0.2) is 15.0 Å².